The Kier molecular flexibility index (Phi) is 10.1. The molecular weight excluding hydrogens is 452 g/mol. The summed E-state index contributed by atoms with van der Waals surface area (Å²) in [7, 11) is 0. The number of hydrogen-bond acceptors (Lipinski definition) is 2. The van der Waals surface area contributed by atoms with Crippen LogP contribution in [0.5, 0.6) is 0 Å². The van der Waals surface area contributed by atoms with Crippen molar-refractivity contribution in [1.82, 2.24) is 9.47 Å². The largest absolute Gasteiger partial charge is 0.373 e. The van der Waals surface area contributed by atoms with Gasteiger partial charge in [-0.2, -0.15) is 0 Å². The maximum absolute atomic E-state index is 11.8. The highest BCUT2D eigenvalue weighted by atomic mass is 16.1. The molecule has 0 spiro atoms. The van der Waals surface area contributed by atoms with Gasteiger partial charge in [0.1, 0.15) is 6.29 Å². The van der Waals surface area contributed by atoms with Crippen molar-refractivity contribution in [3.8, 4) is 0 Å². The van der Waals surface area contributed by atoms with E-state index in [1.54, 1.807) is 0 Å². The molecule has 3 heteroatoms. The van der Waals surface area contributed by atoms with Crippen molar-refractivity contribution in [1.29, 1.82) is 0 Å². The number of hydrogen-bond donors (Lipinski definition) is 0. The molecule has 1 saturated carbocycles. The maximum Gasteiger partial charge on any atom is 0.150 e. The average molecular weight is 503 g/mol. The number of aldehydes is 1. The zero-order valence-corrected chi connectivity index (χ0v) is 24.0. The van der Waals surface area contributed by atoms with Gasteiger partial charge in [-0.15, -0.1) is 0 Å². The van der Waals surface area contributed by atoms with Crippen LogP contribution < -0.4 is 0 Å². The standard InChI is InChI=1S/C34H50N2O/c1-5-12-28(8-4)33-31-18-17-27(25-37)23-32(31)36-22-21-35(20-19-26-15-10-9-11-16-26)30(14-7-3)24-29(13-6-2)34(33)36/h13-14,17-18,23,25-26,28H,5-12,15-16,19-22,24H2,1-4H3/b29-13+,30-14+. The second kappa shape index (κ2) is 13.5. The van der Waals surface area contributed by atoms with E-state index in [4.69, 9.17) is 0 Å². The van der Waals surface area contributed by atoms with Gasteiger partial charge in [0, 0.05) is 53.9 Å². The molecule has 4 rings (SSSR count). The third-order valence-corrected chi connectivity index (χ3v) is 8.90. The summed E-state index contributed by atoms with van der Waals surface area (Å²) in [4.78, 5) is 14.5. The quantitative estimate of drug-likeness (QED) is 0.302. The molecule has 0 N–H and O–H groups in total. The highest BCUT2D eigenvalue weighted by Gasteiger charge is 2.28. The summed E-state index contributed by atoms with van der Waals surface area (Å²) in [5.41, 5.74) is 8.03. The van der Waals surface area contributed by atoms with E-state index < -0.39 is 0 Å². The van der Waals surface area contributed by atoms with Gasteiger partial charge in [0.15, 0.2) is 0 Å². The molecule has 0 radical (unpaired) electrons. The predicted molar refractivity (Wildman–Crippen MR) is 159 cm³/mol. The van der Waals surface area contributed by atoms with Crippen molar-refractivity contribution in [3.05, 3.63) is 52.9 Å². The monoisotopic (exact) mass is 502 g/mol. The minimum Gasteiger partial charge on any atom is -0.373 e. The lowest BCUT2D eigenvalue weighted by Crippen LogP contribution is -2.32. The predicted octanol–water partition coefficient (Wildman–Crippen LogP) is 9.51. The fourth-order valence-corrected chi connectivity index (χ4v) is 7.04. The summed E-state index contributed by atoms with van der Waals surface area (Å²) in [6.07, 6.45) is 21.1. The van der Waals surface area contributed by atoms with Crippen molar-refractivity contribution in [2.45, 2.75) is 117 Å². The first-order chi connectivity index (χ1) is 18.1. The fraction of sp³-hybridized carbons (Fsp3) is 0.618. The van der Waals surface area contributed by atoms with Crippen molar-refractivity contribution in [2.75, 3.05) is 13.1 Å². The lowest BCUT2D eigenvalue weighted by atomic mass is 9.86. The summed E-state index contributed by atoms with van der Waals surface area (Å²) in [6, 6.07) is 6.40. The molecule has 0 bridgehead atoms. The van der Waals surface area contributed by atoms with E-state index in [0.717, 1.165) is 56.5 Å². The lowest BCUT2D eigenvalue weighted by molar-refractivity contribution is 0.112. The van der Waals surface area contributed by atoms with Crippen LogP contribution in [-0.4, -0.2) is 28.8 Å². The van der Waals surface area contributed by atoms with E-state index in [1.165, 1.54) is 91.3 Å². The molecule has 2 aromatic rings. The highest BCUT2D eigenvalue weighted by Crippen LogP contribution is 2.43. The molecule has 1 aromatic carbocycles. The Morgan fingerprint density at radius 2 is 1.78 bits per heavy atom. The fourth-order valence-electron chi connectivity index (χ4n) is 7.04. The first kappa shape index (κ1) is 27.7. The molecule has 202 valence electrons. The number of carbonyl (C=O) groups is 1. The maximum atomic E-state index is 11.8. The Balaban J connectivity index is 1.82. The number of allylic oxidation sites excluding steroid dienone is 3. The van der Waals surface area contributed by atoms with Gasteiger partial charge in [-0.1, -0.05) is 90.5 Å². The third-order valence-electron chi connectivity index (χ3n) is 8.90. The lowest BCUT2D eigenvalue weighted by Gasteiger charge is -2.34. The summed E-state index contributed by atoms with van der Waals surface area (Å²) in [5, 5.41) is 1.36. The van der Waals surface area contributed by atoms with Crippen LogP contribution in [0.2, 0.25) is 0 Å². The van der Waals surface area contributed by atoms with Gasteiger partial charge < -0.3 is 9.47 Å². The zero-order valence-electron chi connectivity index (χ0n) is 24.0. The Morgan fingerprint density at radius 1 is 1.00 bits per heavy atom. The minimum absolute atomic E-state index is 0.548. The Bertz CT molecular complexity index is 1100. The van der Waals surface area contributed by atoms with Crippen molar-refractivity contribution >= 4 is 22.8 Å². The first-order valence-corrected chi connectivity index (χ1v) is 15.4. The first-order valence-electron chi connectivity index (χ1n) is 15.4. The van der Waals surface area contributed by atoms with E-state index in [-0.39, 0.29) is 0 Å². The zero-order chi connectivity index (χ0) is 26.2. The topological polar surface area (TPSA) is 25.2 Å². The normalized spacial score (nSPS) is 20.3. The van der Waals surface area contributed by atoms with Gasteiger partial charge in [0.05, 0.1) is 0 Å². The van der Waals surface area contributed by atoms with Crippen LogP contribution in [0.1, 0.15) is 132 Å². The molecule has 1 aliphatic heterocycles. The number of rotatable bonds is 10. The van der Waals surface area contributed by atoms with E-state index in [2.05, 4.69) is 61.4 Å². The molecular formula is C34H50N2O. The number of fused-ring (bicyclic) bond motifs is 3. The van der Waals surface area contributed by atoms with E-state index in [1.807, 2.05) is 6.07 Å². The van der Waals surface area contributed by atoms with Gasteiger partial charge in [0.25, 0.3) is 0 Å². The number of nitrogens with zero attached hydrogens (tertiary/aromatic N) is 2. The van der Waals surface area contributed by atoms with Crippen LogP contribution in [0.3, 0.4) is 0 Å². The summed E-state index contributed by atoms with van der Waals surface area (Å²) >= 11 is 0. The number of benzene rings is 1. The number of aromatic nitrogens is 1. The van der Waals surface area contributed by atoms with E-state index >= 15 is 0 Å². The summed E-state index contributed by atoms with van der Waals surface area (Å²) in [5.74, 6) is 1.45. The Morgan fingerprint density at radius 3 is 2.46 bits per heavy atom. The molecule has 1 atom stereocenters. The second-order valence-corrected chi connectivity index (χ2v) is 11.4. The molecule has 0 saturated heterocycles. The van der Waals surface area contributed by atoms with Gasteiger partial charge in [-0.05, 0) is 61.1 Å². The van der Waals surface area contributed by atoms with Crippen molar-refractivity contribution in [2.24, 2.45) is 5.92 Å². The summed E-state index contributed by atoms with van der Waals surface area (Å²) < 4.78 is 2.59. The van der Waals surface area contributed by atoms with Gasteiger partial charge >= 0.3 is 0 Å². The summed E-state index contributed by atoms with van der Waals surface area (Å²) in [6.45, 7) is 12.4. The van der Waals surface area contributed by atoms with Crippen LogP contribution in [0, 0.1) is 5.92 Å². The molecule has 2 heterocycles. The molecule has 1 aliphatic carbocycles. The van der Waals surface area contributed by atoms with Gasteiger partial charge in [-0.3, -0.25) is 4.79 Å². The van der Waals surface area contributed by atoms with E-state index in [9.17, 15) is 4.79 Å². The van der Waals surface area contributed by atoms with Crippen LogP contribution in [-0.2, 0) is 6.54 Å². The highest BCUT2D eigenvalue weighted by molar-refractivity contribution is 5.94. The molecule has 1 unspecified atom stereocenters. The van der Waals surface area contributed by atoms with Crippen LogP contribution in [0.4, 0.5) is 0 Å². The molecule has 2 aliphatic rings. The third kappa shape index (κ3) is 6.24. The second-order valence-electron chi connectivity index (χ2n) is 11.4. The van der Waals surface area contributed by atoms with Crippen LogP contribution in [0.15, 0.2) is 36.0 Å². The van der Waals surface area contributed by atoms with Gasteiger partial charge in [0.2, 0.25) is 0 Å². The number of carbonyl (C=O) groups excluding carboxylic acids is 1. The Labute approximate surface area is 226 Å². The molecule has 0 amide bonds. The van der Waals surface area contributed by atoms with Crippen molar-refractivity contribution in [3.63, 3.8) is 0 Å². The van der Waals surface area contributed by atoms with E-state index in [0.29, 0.717) is 5.92 Å². The van der Waals surface area contributed by atoms with Crippen LogP contribution >= 0.6 is 0 Å². The Hall–Kier alpha value is -2.29. The molecule has 1 aromatic heterocycles. The van der Waals surface area contributed by atoms with Gasteiger partial charge in [-0.25, -0.2) is 0 Å². The molecule has 3 nitrogen and oxygen atoms in total. The molecule has 1 fully saturated rings. The van der Waals surface area contributed by atoms with Crippen LogP contribution in [0.25, 0.3) is 16.5 Å². The SMILES string of the molecule is CC/C=C1\C/C(=C\CC)N(CCC2CCCCC2)CCn2c1c(C(CC)CCC)c1ccc(C=O)cc12. The smallest absolute Gasteiger partial charge is 0.150 e. The molecule has 37 heavy (non-hydrogen) atoms. The minimum atomic E-state index is 0.548. The van der Waals surface area contributed by atoms with Crippen molar-refractivity contribution < 1.29 is 4.79 Å². The average Bonchev–Trinajstić information content (AvgIpc) is 3.23.